The Morgan fingerprint density at radius 2 is 1.39 bits per heavy atom. The average molecular weight is 564 g/mol. The van der Waals surface area contributed by atoms with Crippen LogP contribution in [0.1, 0.15) is 95.6 Å². The number of hydroxylamine groups is 1. The van der Waals surface area contributed by atoms with E-state index in [4.69, 9.17) is 15.3 Å². The van der Waals surface area contributed by atoms with Gasteiger partial charge >= 0.3 is 0 Å². The Kier molecular flexibility index (Phi) is 11.6. The number of amides is 3. The van der Waals surface area contributed by atoms with Crippen molar-refractivity contribution in [3.05, 3.63) is 60.2 Å². The number of carbonyl (C=O) groups is 3. The fourth-order valence-corrected chi connectivity index (χ4v) is 5.86. The van der Waals surface area contributed by atoms with Gasteiger partial charge in [-0.15, -0.1) is 0 Å². The quantitative estimate of drug-likeness (QED) is 0.174. The molecule has 2 aliphatic heterocycles. The van der Waals surface area contributed by atoms with Gasteiger partial charge in [-0.2, -0.15) is 0 Å². The van der Waals surface area contributed by atoms with Gasteiger partial charge in [-0.25, -0.2) is 5.06 Å². The summed E-state index contributed by atoms with van der Waals surface area (Å²) in [6.45, 7) is 2.47. The van der Waals surface area contributed by atoms with E-state index in [9.17, 15) is 14.4 Å². The number of likely N-dealkylation sites (tertiary alicyclic amines) is 1. The van der Waals surface area contributed by atoms with Gasteiger partial charge in [0.25, 0.3) is 11.8 Å². The molecule has 4 rings (SSSR count). The number of ether oxygens (including phenoxy) is 1. The minimum absolute atomic E-state index is 0.180. The zero-order valence-electron chi connectivity index (χ0n) is 24.3. The Bertz CT molecular complexity index is 1120. The van der Waals surface area contributed by atoms with Crippen molar-refractivity contribution >= 4 is 23.4 Å². The molecular weight excluding hydrogens is 518 g/mol. The molecule has 2 N–H and O–H groups in total. The Morgan fingerprint density at radius 3 is 1.98 bits per heavy atom. The van der Waals surface area contributed by atoms with Crippen LogP contribution in [0.2, 0.25) is 0 Å². The highest BCUT2D eigenvalue weighted by Gasteiger charge is 2.59. The van der Waals surface area contributed by atoms with E-state index in [-0.39, 0.29) is 18.4 Å². The summed E-state index contributed by atoms with van der Waals surface area (Å²) in [4.78, 5) is 45.7. The van der Waals surface area contributed by atoms with E-state index in [1.807, 2.05) is 42.5 Å². The number of rotatable bonds is 18. The maximum absolute atomic E-state index is 13.7. The van der Waals surface area contributed by atoms with E-state index >= 15 is 0 Å². The molecule has 2 aliphatic rings. The van der Waals surface area contributed by atoms with Crippen LogP contribution in [0.5, 0.6) is 5.75 Å². The first-order valence-corrected chi connectivity index (χ1v) is 15.4. The summed E-state index contributed by atoms with van der Waals surface area (Å²) < 4.78 is 5.40. The molecular formula is C33H45N3O5. The molecule has 8 heteroatoms. The molecule has 2 heterocycles. The van der Waals surface area contributed by atoms with Gasteiger partial charge in [-0.3, -0.25) is 24.1 Å². The third-order valence-electron chi connectivity index (χ3n) is 8.06. The molecule has 2 aromatic carbocycles. The lowest BCUT2D eigenvalue weighted by Gasteiger charge is -2.28. The number of carbonyl (C=O) groups excluding carboxylic acids is 3. The lowest BCUT2D eigenvalue weighted by molar-refractivity contribution is -0.143. The van der Waals surface area contributed by atoms with Gasteiger partial charge in [0.1, 0.15) is 11.7 Å². The molecule has 0 spiro atoms. The van der Waals surface area contributed by atoms with Crippen LogP contribution in [0.15, 0.2) is 54.6 Å². The number of hydrogen-bond donors (Lipinski definition) is 1. The first-order chi connectivity index (χ1) is 20.0. The maximum atomic E-state index is 13.7. The zero-order valence-corrected chi connectivity index (χ0v) is 24.3. The summed E-state index contributed by atoms with van der Waals surface area (Å²) in [6, 6.07) is 16.2. The fourth-order valence-electron chi connectivity index (χ4n) is 5.86. The topological polar surface area (TPSA) is 102 Å². The summed E-state index contributed by atoms with van der Waals surface area (Å²) in [5.74, 6) is -1.14. The second-order valence-corrected chi connectivity index (χ2v) is 11.2. The van der Waals surface area contributed by atoms with Crippen LogP contribution in [0.4, 0.5) is 5.69 Å². The monoisotopic (exact) mass is 563 g/mol. The van der Waals surface area contributed by atoms with Crippen molar-refractivity contribution in [2.24, 2.45) is 11.7 Å². The summed E-state index contributed by atoms with van der Waals surface area (Å²) >= 11 is 0. The average Bonchev–Trinajstić information content (AvgIpc) is 3.49. The standard InChI is InChI=1S/C33H45N3O5/c1-2-3-4-5-6-7-8-9-10-11-12-16-23-35-32(38)29-30(25-19-21-27(22-20-25)40-24-28(34)37)36(41-31(29)33(35)39)26-17-14-13-15-18-26/h13-15,17-22,29-31H,2-12,16,23-24H2,1H3,(H2,34,37). The zero-order chi connectivity index (χ0) is 29.0. The van der Waals surface area contributed by atoms with E-state index in [0.29, 0.717) is 12.3 Å². The van der Waals surface area contributed by atoms with Gasteiger partial charge in [0, 0.05) is 6.54 Å². The largest absolute Gasteiger partial charge is 0.484 e. The van der Waals surface area contributed by atoms with Crippen LogP contribution < -0.4 is 15.5 Å². The number of benzene rings is 2. The van der Waals surface area contributed by atoms with E-state index in [0.717, 1.165) is 30.5 Å². The first-order valence-electron chi connectivity index (χ1n) is 15.4. The predicted octanol–water partition coefficient (Wildman–Crippen LogP) is 6.10. The highest BCUT2D eigenvalue weighted by Crippen LogP contribution is 2.46. The Morgan fingerprint density at radius 1 is 0.805 bits per heavy atom. The second kappa shape index (κ2) is 15.6. The summed E-state index contributed by atoms with van der Waals surface area (Å²) in [6.07, 6.45) is 13.9. The summed E-state index contributed by atoms with van der Waals surface area (Å²) in [7, 11) is 0. The van der Waals surface area contributed by atoms with E-state index in [2.05, 4.69) is 6.92 Å². The van der Waals surface area contributed by atoms with Crippen molar-refractivity contribution in [1.29, 1.82) is 0 Å². The Labute approximate surface area is 244 Å². The number of unbranched alkanes of at least 4 members (excludes halogenated alkanes) is 11. The van der Waals surface area contributed by atoms with Crippen molar-refractivity contribution in [3.63, 3.8) is 0 Å². The highest BCUT2D eigenvalue weighted by atomic mass is 16.7. The number of imide groups is 1. The lowest BCUT2D eigenvalue weighted by Crippen LogP contribution is -2.37. The summed E-state index contributed by atoms with van der Waals surface area (Å²) in [5, 5.41) is 1.69. The molecule has 0 saturated carbocycles. The number of primary amides is 1. The molecule has 3 amide bonds. The van der Waals surface area contributed by atoms with Crippen molar-refractivity contribution in [1.82, 2.24) is 4.90 Å². The van der Waals surface area contributed by atoms with Crippen molar-refractivity contribution in [3.8, 4) is 5.75 Å². The predicted molar refractivity (Wildman–Crippen MR) is 159 cm³/mol. The van der Waals surface area contributed by atoms with Crippen LogP contribution in [-0.2, 0) is 19.2 Å². The van der Waals surface area contributed by atoms with E-state index in [1.54, 1.807) is 17.2 Å². The molecule has 0 radical (unpaired) electrons. The summed E-state index contributed by atoms with van der Waals surface area (Å²) in [5.41, 5.74) is 6.78. The number of fused-ring (bicyclic) bond motifs is 1. The normalized spacial score (nSPS) is 20.1. The van der Waals surface area contributed by atoms with E-state index in [1.165, 1.54) is 62.7 Å². The van der Waals surface area contributed by atoms with Crippen molar-refractivity contribution in [2.45, 2.75) is 96.1 Å². The van der Waals surface area contributed by atoms with Gasteiger partial charge in [-0.1, -0.05) is 108 Å². The smallest absolute Gasteiger partial charge is 0.261 e. The minimum atomic E-state index is -0.851. The molecule has 41 heavy (non-hydrogen) atoms. The number of nitrogens with two attached hydrogens (primary N) is 1. The molecule has 3 unspecified atom stereocenters. The third kappa shape index (κ3) is 8.09. The molecule has 2 saturated heterocycles. The van der Waals surface area contributed by atoms with Gasteiger partial charge in [0.15, 0.2) is 12.7 Å². The highest BCUT2D eigenvalue weighted by molar-refractivity contribution is 6.07. The number of para-hydroxylation sites is 1. The second-order valence-electron chi connectivity index (χ2n) is 11.2. The molecule has 2 aromatic rings. The molecule has 0 bridgehead atoms. The van der Waals surface area contributed by atoms with Gasteiger partial charge in [0.05, 0.1) is 11.7 Å². The Balaban J connectivity index is 1.32. The minimum Gasteiger partial charge on any atom is -0.484 e. The number of nitrogens with zero attached hydrogens (tertiary/aromatic N) is 2. The Hall–Kier alpha value is -3.39. The van der Waals surface area contributed by atoms with Crippen LogP contribution in [-0.4, -0.2) is 41.9 Å². The van der Waals surface area contributed by atoms with E-state index < -0.39 is 24.0 Å². The first kappa shape index (κ1) is 30.6. The number of anilines is 1. The molecule has 0 aromatic heterocycles. The molecule has 8 nitrogen and oxygen atoms in total. The van der Waals surface area contributed by atoms with Crippen LogP contribution >= 0.6 is 0 Å². The van der Waals surface area contributed by atoms with Gasteiger partial charge in [-0.05, 0) is 36.2 Å². The molecule has 0 aliphatic carbocycles. The maximum Gasteiger partial charge on any atom is 0.261 e. The molecule has 222 valence electrons. The third-order valence-corrected chi connectivity index (χ3v) is 8.06. The van der Waals surface area contributed by atoms with Gasteiger partial charge in [0.2, 0.25) is 5.91 Å². The molecule has 2 fully saturated rings. The van der Waals surface area contributed by atoms with Crippen LogP contribution in [0, 0.1) is 5.92 Å². The van der Waals surface area contributed by atoms with Crippen LogP contribution in [0.3, 0.4) is 0 Å². The van der Waals surface area contributed by atoms with Crippen molar-refractivity contribution in [2.75, 3.05) is 18.2 Å². The molecule has 3 atom stereocenters. The van der Waals surface area contributed by atoms with Gasteiger partial charge < -0.3 is 10.5 Å². The van der Waals surface area contributed by atoms with Crippen LogP contribution in [0.25, 0.3) is 0 Å². The fraction of sp³-hybridized carbons (Fsp3) is 0.545. The SMILES string of the molecule is CCCCCCCCCCCCCCN1C(=O)C2ON(c3ccccc3)C(c3ccc(OCC(N)=O)cc3)C2C1=O. The number of hydrogen-bond acceptors (Lipinski definition) is 6. The lowest BCUT2D eigenvalue weighted by atomic mass is 9.90. The van der Waals surface area contributed by atoms with Crippen molar-refractivity contribution < 1.29 is 24.0 Å².